The standard InChI is InChI=1S/C22H20Cl3F3N6O3/c1-11(35)20-31-17(32-34(20)18-14(24)3-2-4-15(18)25)9-30-21(37)33(10-16(36)22(26,27)28)19(29)12-5-7-13(23)8-6-12/h2-8,11,16,29,35-36H,9-10H2,1H3,(H,30,37)/t11-,16-/m0/s1. The van der Waals surface area contributed by atoms with Gasteiger partial charge in [0.25, 0.3) is 0 Å². The van der Waals surface area contributed by atoms with Crippen LogP contribution < -0.4 is 5.32 Å². The van der Waals surface area contributed by atoms with Crippen molar-refractivity contribution in [3.8, 4) is 5.69 Å². The molecule has 1 aromatic heterocycles. The predicted molar refractivity (Wildman–Crippen MR) is 131 cm³/mol. The fourth-order valence-corrected chi connectivity index (χ4v) is 3.82. The predicted octanol–water partition coefficient (Wildman–Crippen LogP) is 4.74. The number of aromatic nitrogens is 3. The van der Waals surface area contributed by atoms with Crippen LogP contribution in [-0.4, -0.2) is 60.6 Å². The Balaban J connectivity index is 1.87. The van der Waals surface area contributed by atoms with E-state index in [0.29, 0.717) is 9.92 Å². The molecule has 4 N–H and O–H groups in total. The summed E-state index contributed by atoms with van der Waals surface area (Å²) in [5.74, 6) is -0.601. The van der Waals surface area contributed by atoms with E-state index in [9.17, 15) is 28.2 Å². The molecule has 0 fully saturated rings. The van der Waals surface area contributed by atoms with Crippen LogP contribution in [0.4, 0.5) is 18.0 Å². The smallest absolute Gasteiger partial charge is 0.385 e. The third-order valence-corrected chi connectivity index (χ3v) is 5.82. The number of carbonyl (C=O) groups is 1. The molecule has 0 bridgehead atoms. The summed E-state index contributed by atoms with van der Waals surface area (Å²) in [4.78, 5) is 17.5. The van der Waals surface area contributed by atoms with Gasteiger partial charge in [-0.3, -0.25) is 10.3 Å². The minimum atomic E-state index is -5.03. The molecule has 15 heteroatoms. The molecule has 0 aliphatic heterocycles. The van der Waals surface area contributed by atoms with Gasteiger partial charge in [-0.1, -0.05) is 40.9 Å². The van der Waals surface area contributed by atoms with Crippen molar-refractivity contribution in [3.05, 3.63) is 74.7 Å². The lowest BCUT2D eigenvalue weighted by Crippen LogP contribution is -2.50. The van der Waals surface area contributed by atoms with Gasteiger partial charge in [0.05, 0.1) is 23.1 Å². The number of carbonyl (C=O) groups excluding carboxylic acids is 1. The summed E-state index contributed by atoms with van der Waals surface area (Å²) >= 11 is 18.3. The number of hydrogen-bond acceptors (Lipinski definition) is 6. The first-order valence-electron chi connectivity index (χ1n) is 10.5. The van der Waals surface area contributed by atoms with Gasteiger partial charge in [-0.25, -0.2) is 14.5 Å². The minimum Gasteiger partial charge on any atom is -0.385 e. The van der Waals surface area contributed by atoms with Gasteiger partial charge >= 0.3 is 12.2 Å². The van der Waals surface area contributed by atoms with Crippen molar-refractivity contribution in [2.75, 3.05) is 6.54 Å². The van der Waals surface area contributed by atoms with Crippen molar-refractivity contribution in [3.63, 3.8) is 0 Å². The number of aliphatic hydroxyl groups excluding tert-OH is 2. The number of nitrogens with zero attached hydrogens (tertiary/aromatic N) is 4. The molecular weight excluding hydrogens is 560 g/mol. The summed E-state index contributed by atoms with van der Waals surface area (Å²) in [6.07, 6.45) is -9.06. The maximum Gasteiger partial charge on any atom is 0.416 e. The first kappa shape index (κ1) is 28.7. The second kappa shape index (κ2) is 11.7. The normalized spacial score (nSPS) is 13.2. The number of amides is 2. The molecule has 0 spiro atoms. The first-order valence-corrected chi connectivity index (χ1v) is 11.7. The summed E-state index contributed by atoms with van der Waals surface area (Å²) in [6.45, 7) is -0.228. The number of urea groups is 1. The van der Waals surface area contributed by atoms with Crippen LogP contribution in [0.5, 0.6) is 0 Å². The van der Waals surface area contributed by atoms with E-state index in [-0.39, 0.29) is 32.9 Å². The number of hydrogen-bond donors (Lipinski definition) is 4. The molecule has 0 unspecified atom stereocenters. The largest absolute Gasteiger partial charge is 0.416 e. The Labute approximate surface area is 223 Å². The third kappa shape index (κ3) is 6.90. The number of halogens is 6. The maximum absolute atomic E-state index is 13.0. The monoisotopic (exact) mass is 578 g/mol. The zero-order valence-corrected chi connectivity index (χ0v) is 21.2. The molecule has 37 heavy (non-hydrogen) atoms. The lowest BCUT2D eigenvalue weighted by Gasteiger charge is -2.26. The number of alkyl halides is 3. The molecule has 0 aliphatic rings. The molecule has 0 radical (unpaired) electrons. The van der Waals surface area contributed by atoms with Crippen LogP contribution in [0.25, 0.3) is 5.69 Å². The lowest BCUT2D eigenvalue weighted by molar-refractivity contribution is -0.204. The highest BCUT2D eigenvalue weighted by molar-refractivity contribution is 6.37. The summed E-state index contributed by atoms with van der Waals surface area (Å²) in [6, 6.07) is 9.05. The highest BCUT2D eigenvalue weighted by atomic mass is 35.5. The fraction of sp³-hybridized carbons (Fsp3) is 0.273. The highest BCUT2D eigenvalue weighted by Crippen LogP contribution is 2.30. The third-order valence-electron chi connectivity index (χ3n) is 4.96. The Bertz CT molecular complexity index is 1260. The summed E-state index contributed by atoms with van der Waals surface area (Å²) in [5.41, 5.74) is 0.312. The van der Waals surface area contributed by atoms with Crippen molar-refractivity contribution >= 4 is 46.7 Å². The lowest BCUT2D eigenvalue weighted by atomic mass is 10.2. The Morgan fingerprint density at radius 3 is 2.27 bits per heavy atom. The fourth-order valence-electron chi connectivity index (χ4n) is 3.14. The molecule has 0 aliphatic carbocycles. The minimum absolute atomic E-state index is 0.0328. The number of aliphatic hydroxyl groups is 2. The first-order chi connectivity index (χ1) is 17.3. The van der Waals surface area contributed by atoms with E-state index < -0.39 is 43.3 Å². The van der Waals surface area contributed by atoms with E-state index in [1.165, 1.54) is 35.9 Å². The van der Waals surface area contributed by atoms with Crippen molar-refractivity contribution in [2.24, 2.45) is 0 Å². The molecule has 2 aromatic carbocycles. The van der Waals surface area contributed by atoms with Gasteiger partial charge in [0.15, 0.2) is 17.8 Å². The van der Waals surface area contributed by atoms with Crippen LogP contribution in [0.2, 0.25) is 15.1 Å². The molecule has 0 saturated heterocycles. The van der Waals surface area contributed by atoms with Gasteiger partial charge in [-0.2, -0.15) is 13.2 Å². The molecule has 198 valence electrons. The van der Waals surface area contributed by atoms with E-state index in [1.807, 2.05) is 0 Å². The molecule has 9 nitrogen and oxygen atoms in total. The highest BCUT2D eigenvalue weighted by Gasteiger charge is 2.41. The summed E-state index contributed by atoms with van der Waals surface area (Å²) < 4.78 is 40.3. The van der Waals surface area contributed by atoms with E-state index in [1.54, 1.807) is 18.2 Å². The number of amidine groups is 1. The zero-order chi connectivity index (χ0) is 27.5. The van der Waals surface area contributed by atoms with Crippen LogP contribution in [0.3, 0.4) is 0 Å². The van der Waals surface area contributed by atoms with Crippen molar-refractivity contribution in [2.45, 2.75) is 31.9 Å². The van der Waals surface area contributed by atoms with Gasteiger partial charge < -0.3 is 15.5 Å². The topological polar surface area (TPSA) is 127 Å². The molecule has 3 rings (SSSR count). The van der Waals surface area contributed by atoms with E-state index in [4.69, 9.17) is 40.2 Å². The number of benzene rings is 2. The van der Waals surface area contributed by atoms with Gasteiger partial charge in [0.1, 0.15) is 17.6 Å². The Kier molecular flexibility index (Phi) is 9.03. The Hall–Kier alpha value is -2.90. The van der Waals surface area contributed by atoms with Gasteiger partial charge in [0, 0.05) is 10.6 Å². The summed E-state index contributed by atoms with van der Waals surface area (Å²) in [7, 11) is 0. The van der Waals surface area contributed by atoms with Crippen LogP contribution in [0.15, 0.2) is 42.5 Å². The Morgan fingerprint density at radius 2 is 1.73 bits per heavy atom. The average Bonchev–Trinajstić information content (AvgIpc) is 3.24. The van der Waals surface area contributed by atoms with Crippen LogP contribution in [-0.2, 0) is 6.54 Å². The molecule has 1 heterocycles. The van der Waals surface area contributed by atoms with Crippen LogP contribution in [0, 0.1) is 5.41 Å². The molecule has 3 aromatic rings. The second-order valence-electron chi connectivity index (χ2n) is 7.73. The zero-order valence-electron chi connectivity index (χ0n) is 19.0. The SMILES string of the molecule is C[C@H](O)c1nc(CNC(=O)N(C[C@H](O)C(F)(F)F)C(=N)c2ccc(Cl)cc2)nn1-c1c(Cl)cccc1Cl. The Morgan fingerprint density at radius 1 is 1.14 bits per heavy atom. The number of para-hydroxylation sites is 1. The van der Waals surface area contributed by atoms with Crippen LogP contribution in [0.1, 0.15) is 30.2 Å². The maximum atomic E-state index is 13.0. The number of rotatable bonds is 7. The molecule has 2 amide bonds. The molecule has 0 saturated carbocycles. The van der Waals surface area contributed by atoms with Gasteiger partial charge in [-0.15, -0.1) is 5.10 Å². The second-order valence-corrected chi connectivity index (χ2v) is 8.98. The van der Waals surface area contributed by atoms with Crippen molar-refractivity contribution < 1.29 is 28.2 Å². The van der Waals surface area contributed by atoms with Crippen LogP contribution >= 0.6 is 34.8 Å². The van der Waals surface area contributed by atoms with Gasteiger partial charge in [-0.05, 0) is 43.3 Å². The van der Waals surface area contributed by atoms with E-state index in [0.717, 1.165) is 0 Å². The molecule has 2 atom stereocenters. The van der Waals surface area contributed by atoms with E-state index >= 15 is 0 Å². The summed E-state index contributed by atoms with van der Waals surface area (Å²) in [5, 5.41) is 35.3. The van der Waals surface area contributed by atoms with Crippen molar-refractivity contribution in [1.82, 2.24) is 25.0 Å². The van der Waals surface area contributed by atoms with E-state index in [2.05, 4.69) is 15.4 Å². The molecular formula is C22H20Cl3F3N6O3. The van der Waals surface area contributed by atoms with Gasteiger partial charge in [0.2, 0.25) is 0 Å². The number of nitrogens with one attached hydrogen (secondary N) is 2. The average molecular weight is 580 g/mol. The quantitative estimate of drug-likeness (QED) is 0.238. The van der Waals surface area contributed by atoms with Crippen molar-refractivity contribution in [1.29, 1.82) is 5.41 Å².